The van der Waals surface area contributed by atoms with Crippen LogP contribution in [0.1, 0.15) is 43.2 Å². The van der Waals surface area contributed by atoms with E-state index in [0.29, 0.717) is 13.0 Å². The Morgan fingerprint density at radius 3 is 2.93 bits per heavy atom. The second-order valence-corrected chi connectivity index (χ2v) is 7.53. The number of benzene rings is 1. The molecule has 2 fully saturated rings. The first-order valence-electron chi connectivity index (χ1n) is 9.71. The number of hydrogen-bond acceptors (Lipinski definition) is 4. The highest BCUT2D eigenvalue weighted by molar-refractivity contribution is 6.09. The van der Waals surface area contributed by atoms with Gasteiger partial charge in [-0.1, -0.05) is 24.3 Å². The molecular weight excluding hydrogens is 346 g/mol. The molecule has 144 valence electrons. The van der Waals surface area contributed by atoms with E-state index in [1.807, 2.05) is 24.3 Å². The maximum absolute atomic E-state index is 13.2. The van der Waals surface area contributed by atoms with Gasteiger partial charge < -0.3 is 15.4 Å². The van der Waals surface area contributed by atoms with Crippen molar-refractivity contribution in [2.24, 2.45) is 0 Å². The molecule has 1 aromatic rings. The van der Waals surface area contributed by atoms with Gasteiger partial charge in [-0.2, -0.15) is 0 Å². The lowest BCUT2D eigenvalue weighted by molar-refractivity contribution is -0.135. The Morgan fingerprint density at radius 2 is 2.11 bits per heavy atom. The molecule has 0 radical (unpaired) electrons. The maximum Gasteiger partial charge on any atom is 0.325 e. The van der Waals surface area contributed by atoms with Gasteiger partial charge in [0.2, 0.25) is 5.91 Å². The Labute approximate surface area is 158 Å². The maximum atomic E-state index is 13.2. The predicted molar refractivity (Wildman–Crippen MR) is 97.9 cm³/mol. The lowest BCUT2D eigenvalue weighted by Gasteiger charge is -2.27. The van der Waals surface area contributed by atoms with E-state index in [9.17, 15) is 14.4 Å². The molecule has 2 heterocycles. The third-order valence-corrected chi connectivity index (χ3v) is 5.75. The van der Waals surface area contributed by atoms with E-state index >= 15 is 0 Å². The molecule has 7 nitrogen and oxygen atoms in total. The minimum absolute atomic E-state index is 0.0251. The fourth-order valence-corrected chi connectivity index (χ4v) is 4.35. The Hall–Kier alpha value is -2.41. The van der Waals surface area contributed by atoms with Crippen molar-refractivity contribution in [1.82, 2.24) is 15.5 Å². The van der Waals surface area contributed by atoms with E-state index in [-0.39, 0.29) is 24.5 Å². The number of aryl methyl sites for hydroxylation is 1. The van der Waals surface area contributed by atoms with Crippen molar-refractivity contribution in [2.75, 3.05) is 19.7 Å². The molecule has 2 atom stereocenters. The highest BCUT2D eigenvalue weighted by Gasteiger charge is 2.53. The molecule has 0 unspecified atom stereocenters. The van der Waals surface area contributed by atoms with Crippen LogP contribution in [0.15, 0.2) is 24.3 Å². The van der Waals surface area contributed by atoms with Crippen molar-refractivity contribution < 1.29 is 19.1 Å². The lowest BCUT2D eigenvalue weighted by Crippen LogP contribution is -2.46. The van der Waals surface area contributed by atoms with Gasteiger partial charge in [-0.25, -0.2) is 4.79 Å². The average molecular weight is 371 g/mol. The first-order valence-corrected chi connectivity index (χ1v) is 9.71. The number of carbonyl (C=O) groups excluding carboxylic acids is 3. The van der Waals surface area contributed by atoms with Crippen molar-refractivity contribution in [3.63, 3.8) is 0 Å². The monoisotopic (exact) mass is 371 g/mol. The molecule has 27 heavy (non-hydrogen) atoms. The van der Waals surface area contributed by atoms with Crippen LogP contribution in [0.3, 0.4) is 0 Å². The van der Waals surface area contributed by atoms with E-state index in [1.54, 1.807) is 0 Å². The first-order chi connectivity index (χ1) is 13.1. The van der Waals surface area contributed by atoms with Crippen LogP contribution >= 0.6 is 0 Å². The summed E-state index contributed by atoms with van der Waals surface area (Å²) in [4.78, 5) is 39.1. The Balaban J connectivity index is 1.49. The molecule has 0 aromatic heterocycles. The minimum Gasteiger partial charge on any atom is -0.376 e. The van der Waals surface area contributed by atoms with E-state index in [0.717, 1.165) is 54.7 Å². The van der Waals surface area contributed by atoms with Crippen LogP contribution in [0.4, 0.5) is 4.79 Å². The molecule has 2 N–H and O–H groups in total. The summed E-state index contributed by atoms with van der Waals surface area (Å²) in [6.45, 7) is 0.868. The summed E-state index contributed by atoms with van der Waals surface area (Å²) in [5, 5.41) is 5.68. The van der Waals surface area contributed by atoms with Crippen molar-refractivity contribution in [3.05, 3.63) is 35.4 Å². The van der Waals surface area contributed by atoms with Crippen molar-refractivity contribution >= 4 is 17.8 Å². The van der Waals surface area contributed by atoms with Crippen LogP contribution in [0.5, 0.6) is 0 Å². The fraction of sp³-hybridized carbons (Fsp3) is 0.550. The van der Waals surface area contributed by atoms with Crippen molar-refractivity contribution in [2.45, 2.75) is 50.2 Å². The second-order valence-electron chi connectivity index (χ2n) is 7.53. The number of nitrogens with zero attached hydrogens (tertiary/aromatic N) is 1. The third-order valence-electron chi connectivity index (χ3n) is 5.75. The number of urea groups is 1. The second kappa shape index (κ2) is 7.31. The van der Waals surface area contributed by atoms with Gasteiger partial charge in [0.25, 0.3) is 5.91 Å². The van der Waals surface area contributed by atoms with Crippen molar-refractivity contribution in [3.8, 4) is 0 Å². The Kier molecular flexibility index (Phi) is 4.86. The fourth-order valence-electron chi connectivity index (χ4n) is 4.35. The van der Waals surface area contributed by atoms with Crippen LogP contribution < -0.4 is 10.6 Å². The van der Waals surface area contributed by atoms with Crippen LogP contribution in [-0.2, 0) is 26.3 Å². The molecule has 4 amide bonds. The summed E-state index contributed by atoms with van der Waals surface area (Å²) in [6, 6.07) is 7.28. The van der Waals surface area contributed by atoms with Crippen LogP contribution in [0, 0.1) is 0 Å². The van der Waals surface area contributed by atoms with E-state index in [1.165, 1.54) is 0 Å². The predicted octanol–water partition coefficient (Wildman–Crippen LogP) is 1.46. The molecular formula is C20H25N3O4. The summed E-state index contributed by atoms with van der Waals surface area (Å²) in [6.07, 6.45) is 5.21. The lowest BCUT2D eigenvalue weighted by atomic mass is 9.84. The molecule has 1 spiro atoms. The summed E-state index contributed by atoms with van der Waals surface area (Å²) in [5.74, 6) is -0.665. The number of imide groups is 1. The van der Waals surface area contributed by atoms with Crippen molar-refractivity contribution in [1.29, 1.82) is 0 Å². The highest BCUT2D eigenvalue weighted by atomic mass is 16.5. The SMILES string of the molecule is O=C(CN1C(=O)N[C@@]2(CCCCc3ccccc32)C1=O)NC[C@@H]1CCCO1. The van der Waals surface area contributed by atoms with Gasteiger partial charge in [-0.15, -0.1) is 0 Å². The van der Waals surface area contributed by atoms with Gasteiger partial charge in [0.1, 0.15) is 12.1 Å². The number of hydrogen-bond donors (Lipinski definition) is 2. The molecule has 2 aliphatic heterocycles. The quantitative estimate of drug-likeness (QED) is 0.785. The number of carbonyl (C=O) groups is 3. The number of ether oxygens (including phenoxy) is 1. The van der Waals surface area contributed by atoms with Gasteiger partial charge in [0.05, 0.1) is 6.10 Å². The summed E-state index contributed by atoms with van der Waals surface area (Å²) >= 11 is 0. The average Bonchev–Trinajstić information content (AvgIpc) is 3.21. The molecule has 4 rings (SSSR count). The molecule has 7 heteroatoms. The zero-order valence-corrected chi connectivity index (χ0v) is 15.3. The van der Waals surface area contributed by atoms with Gasteiger partial charge in [0, 0.05) is 13.2 Å². The summed E-state index contributed by atoms with van der Waals surface area (Å²) in [5.41, 5.74) is 0.912. The highest BCUT2D eigenvalue weighted by Crippen LogP contribution is 2.38. The third kappa shape index (κ3) is 3.32. The van der Waals surface area contributed by atoms with Gasteiger partial charge in [-0.3, -0.25) is 14.5 Å². The van der Waals surface area contributed by atoms with Gasteiger partial charge in [0.15, 0.2) is 0 Å². The zero-order valence-electron chi connectivity index (χ0n) is 15.3. The minimum atomic E-state index is -1.04. The van der Waals surface area contributed by atoms with Crippen LogP contribution in [0.2, 0.25) is 0 Å². The largest absolute Gasteiger partial charge is 0.376 e. The topological polar surface area (TPSA) is 87.7 Å². The number of amides is 4. The zero-order chi connectivity index (χ0) is 18.9. The smallest absolute Gasteiger partial charge is 0.325 e. The molecule has 3 aliphatic rings. The molecule has 2 saturated heterocycles. The van der Waals surface area contributed by atoms with Gasteiger partial charge >= 0.3 is 6.03 Å². The Bertz CT molecular complexity index is 759. The van der Waals surface area contributed by atoms with E-state index in [2.05, 4.69) is 10.6 Å². The molecule has 0 bridgehead atoms. The molecule has 1 aromatic carbocycles. The normalized spacial score (nSPS) is 27.4. The number of nitrogens with one attached hydrogen (secondary N) is 2. The number of rotatable bonds is 4. The summed E-state index contributed by atoms with van der Waals surface area (Å²) < 4.78 is 5.48. The first kappa shape index (κ1) is 18.0. The standard InChI is InChI=1S/C20H25N3O4/c24-17(21-12-15-8-5-11-27-15)13-23-18(25)20(22-19(23)26)10-4-3-7-14-6-1-2-9-16(14)20/h1-2,6,9,15H,3-5,7-8,10-13H2,(H,21,24)(H,22,26)/t15-,20+/m0/s1. The summed E-state index contributed by atoms with van der Waals surface area (Å²) in [7, 11) is 0. The molecule has 1 aliphatic carbocycles. The van der Waals surface area contributed by atoms with E-state index < -0.39 is 11.6 Å². The van der Waals surface area contributed by atoms with E-state index in [4.69, 9.17) is 4.74 Å². The number of fused-ring (bicyclic) bond motifs is 2. The van der Waals surface area contributed by atoms with Gasteiger partial charge in [-0.05, 0) is 49.7 Å². The molecule has 0 saturated carbocycles. The Morgan fingerprint density at radius 1 is 1.26 bits per heavy atom. The van der Waals surface area contributed by atoms with Crippen LogP contribution in [-0.4, -0.2) is 48.5 Å². The van der Waals surface area contributed by atoms with Crippen LogP contribution in [0.25, 0.3) is 0 Å².